The highest BCUT2D eigenvalue weighted by Gasteiger charge is 2.16. The Kier molecular flexibility index (Phi) is 8.33. The average Bonchev–Trinajstić information content (AvgIpc) is 3.16. The van der Waals surface area contributed by atoms with Crippen molar-refractivity contribution < 1.29 is 9.59 Å². The minimum absolute atomic E-state index is 0.0910. The largest absolute Gasteiger partial charge is 0.345 e. The number of hydrogen-bond acceptors (Lipinski definition) is 5. The van der Waals surface area contributed by atoms with Crippen LogP contribution in [0.4, 0.5) is 5.69 Å². The van der Waals surface area contributed by atoms with Gasteiger partial charge in [0.1, 0.15) is 0 Å². The molecule has 0 aliphatic carbocycles. The highest BCUT2D eigenvalue weighted by atomic mass is 35.5. The number of benzene rings is 2. The van der Waals surface area contributed by atoms with Gasteiger partial charge in [-0.25, -0.2) is 0 Å². The van der Waals surface area contributed by atoms with Crippen molar-refractivity contribution in [2.75, 3.05) is 11.1 Å². The number of hydrogen-bond donors (Lipinski definition) is 2. The van der Waals surface area contributed by atoms with Crippen molar-refractivity contribution in [3.05, 3.63) is 82.1 Å². The summed E-state index contributed by atoms with van der Waals surface area (Å²) >= 11 is 13.3. The van der Waals surface area contributed by atoms with E-state index in [0.717, 1.165) is 5.56 Å². The summed E-state index contributed by atoms with van der Waals surface area (Å²) in [6, 6.07) is 12.4. The molecule has 0 atom stereocenters. The normalized spacial score (nSPS) is 10.6. The zero-order valence-corrected chi connectivity index (χ0v) is 19.6. The van der Waals surface area contributed by atoms with Crippen LogP contribution in [-0.4, -0.2) is 32.3 Å². The van der Waals surface area contributed by atoms with Crippen LogP contribution in [0.5, 0.6) is 0 Å². The molecule has 1 heterocycles. The van der Waals surface area contributed by atoms with Gasteiger partial charge in [0.2, 0.25) is 5.91 Å². The van der Waals surface area contributed by atoms with Gasteiger partial charge in [0.25, 0.3) is 5.91 Å². The van der Waals surface area contributed by atoms with Crippen molar-refractivity contribution >= 4 is 52.5 Å². The van der Waals surface area contributed by atoms with Crippen LogP contribution in [0.3, 0.4) is 0 Å². The van der Waals surface area contributed by atoms with Crippen molar-refractivity contribution in [2.45, 2.75) is 25.2 Å². The third kappa shape index (κ3) is 5.91. The number of allylic oxidation sites excluding steroid dienone is 1. The Balaban J connectivity index is 1.63. The number of halogens is 2. The molecule has 0 bridgehead atoms. The molecule has 0 spiro atoms. The number of rotatable bonds is 9. The van der Waals surface area contributed by atoms with Gasteiger partial charge in [-0.2, -0.15) is 0 Å². The lowest BCUT2D eigenvalue weighted by atomic mass is 10.1. The first-order chi connectivity index (χ1) is 15.4. The van der Waals surface area contributed by atoms with Crippen LogP contribution in [0, 0.1) is 6.92 Å². The Hall–Kier alpha value is -2.81. The fraction of sp³-hybridized carbons (Fsp3) is 0.182. The fourth-order valence-corrected chi connectivity index (χ4v) is 3.98. The fourth-order valence-electron chi connectivity index (χ4n) is 2.87. The van der Waals surface area contributed by atoms with Crippen LogP contribution in [0.2, 0.25) is 10.0 Å². The highest BCUT2D eigenvalue weighted by molar-refractivity contribution is 7.99. The van der Waals surface area contributed by atoms with Crippen LogP contribution < -0.4 is 10.6 Å². The number of carbonyl (C=O) groups is 2. The Morgan fingerprint density at radius 2 is 1.94 bits per heavy atom. The average molecular weight is 490 g/mol. The van der Waals surface area contributed by atoms with Crippen LogP contribution in [-0.2, 0) is 17.9 Å². The first-order valence-corrected chi connectivity index (χ1v) is 11.4. The van der Waals surface area contributed by atoms with Gasteiger partial charge >= 0.3 is 0 Å². The summed E-state index contributed by atoms with van der Waals surface area (Å²) in [5.74, 6) is 0.200. The molecule has 3 aromatic rings. The van der Waals surface area contributed by atoms with Crippen LogP contribution in [0.25, 0.3) is 0 Å². The molecule has 0 aliphatic rings. The monoisotopic (exact) mass is 489 g/mol. The number of amides is 2. The molecular weight excluding hydrogens is 469 g/mol. The molecule has 0 fully saturated rings. The smallest absolute Gasteiger partial charge is 0.251 e. The molecule has 3 rings (SSSR count). The maximum Gasteiger partial charge on any atom is 0.251 e. The molecule has 0 radical (unpaired) electrons. The summed E-state index contributed by atoms with van der Waals surface area (Å²) in [6.45, 7) is 6.27. The molecule has 2 N–H and O–H groups in total. The Labute approximate surface area is 200 Å². The topological polar surface area (TPSA) is 88.9 Å². The quantitative estimate of drug-likeness (QED) is 0.334. The molecule has 7 nitrogen and oxygen atoms in total. The van der Waals surface area contributed by atoms with Gasteiger partial charge in [0.15, 0.2) is 11.0 Å². The van der Waals surface area contributed by atoms with E-state index in [2.05, 4.69) is 27.4 Å². The summed E-state index contributed by atoms with van der Waals surface area (Å²) in [7, 11) is 0. The molecule has 0 aliphatic heterocycles. The second kappa shape index (κ2) is 11.2. The van der Waals surface area contributed by atoms with E-state index >= 15 is 0 Å². The number of thioether (sulfide) groups is 1. The highest BCUT2D eigenvalue weighted by Crippen LogP contribution is 2.29. The third-order valence-corrected chi connectivity index (χ3v) is 6.25. The zero-order chi connectivity index (χ0) is 23.1. The SMILES string of the molecule is C=CCn1c(CNC(=O)c2ccccc2C)nnc1SCC(=O)Nc1cccc(Cl)c1Cl. The van der Waals surface area contributed by atoms with E-state index in [1.54, 1.807) is 34.9 Å². The molecule has 0 unspecified atom stereocenters. The molecule has 166 valence electrons. The van der Waals surface area contributed by atoms with E-state index in [1.807, 2.05) is 25.1 Å². The second-order valence-electron chi connectivity index (χ2n) is 6.73. The maximum absolute atomic E-state index is 12.5. The van der Waals surface area contributed by atoms with Crippen molar-refractivity contribution in [1.82, 2.24) is 20.1 Å². The Morgan fingerprint density at radius 3 is 2.69 bits per heavy atom. The van der Waals surface area contributed by atoms with E-state index in [-0.39, 0.29) is 29.1 Å². The van der Waals surface area contributed by atoms with E-state index in [0.29, 0.717) is 33.8 Å². The molecule has 2 aromatic carbocycles. The zero-order valence-electron chi connectivity index (χ0n) is 17.3. The molecular formula is C22H21Cl2N5O2S. The molecule has 32 heavy (non-hydrogen) atoms. The lowest BCUT2D eigenvalue weighted by Gasteiger charge is -2.10. The van der Waals surface area contributed by atoms with Gasteiger partial charge in [0, 0.05) is 12.1 Å². The van der Waals surface area contributed by atoms with E-state index in [1.165, 1.54) is 11.8 Å². The van der Waals surface area contributed by atoms with E-state index in [4.69, 9.17) is 23.2 Å². The Bertz CT molecular complexity index is 1150. The molecule has 10 heteroatoms. The van der Waals surface area contributed by atoms with Gasteiger partial charge in [-0.3, -0.25) is 9.59 Å². The van der Waals surface area contributed by atoms with Crippen molar-refractivity contribution in [3.8, 4) is 0 Å². The number of nitrogens with one attached hydrogen (secondary N) is 2. The molecule has 0 saturated heterocycles. The number of nitrogens with zero attached hydrogens (tertiary/aromatic N) is 3. The predicted octanol–water partition coefficient (Wildman–Crippen LogP) is 4.74. The molecule has 2 amide bonds. The number of anilines is 1. The number of aromatic nitrogens is 3. The van der Waals surface area contributed by atoms with Crippen LogP contribution in [0.1, 0.15) is 21.7 Å². The first-order valence-electron chi connectivity index (χ1n) is 9.64. The predicted molar refractivity (Wildman–Crippen MR) is 128 cm³/mol. The third-order valence-electron chi connectivity index (χ3n) is 4.46. The van der Waals surface area contributed by atoms with Gasteiger partial charge in [-0.05, 0) is 30.7 Å². The van der Waals surface area contributed by atoms with E-state index < -0.39 is 0 Å². The first kappa shape index (κ1) is 23.8. The standard InChI is InChI=1S/C22H21Cl2N5O2S/c1-3-11-29-18(12-25-21(31)15-8-5-4-7-14(15)2)27-28-22(29)32-13-19(30)26-17-10-6-9-16(23)20(17)24/h3-10H,1,11-13H2,2H3,(H,25,31)(H,26,30). The Morgan fingerprint density at radius 1 is 1.16 bits per heavy atom. The minimum atomic E-state index is -0.262. The van der Waals surface area contributed by atoms with Crippen LogP contribution >= 0.6 is 35.0 Å². The lowest BCUT2D eigenvalue weighted by Crippen LogP contribution is -2.25. The van der Waals surface area contributed by atoms with Crippen molar-refractivity contribution in [3.63, 3.8) is 0 Å². The van der Waals surface area contributed by atoms with Crippen molar-refractivity contribution in [1.29, 1.82) is 0 Å². The summed E-state index contributed by atoms with van der Waals surface area (Å²) in [5, 5.41) is 15.1. The maximum atomic E-state index is 12.5. The summed E-state index contributed by atoms with van der Waals surface area (Å²) < 4.78 is 1.80. The van der Waals surface area contributed by atoms with Gasteiger partial charge in [-0.1, -0.05) is 65.3 Å². The second-order valence-corrected chi connectivity index (χ2v) is 8.46. The van der Waals surface area contributed by atoms with Gasteiger partial charge < -0.3 is 15.2 Å². The lowest BCUT2D eigenvalue weighted by molar-refractivity contribution is -0.113. The summed E-state index contributed by atoms with van der Waals surface area (Å²) in [4.78, 5) is 24.8. The van der Waals surface area contributed by atoms with Crippen LogP contribution in [0.15, 0.2) is 60.3 Å². The van der Waals surface area contributed by atoms with E-state index in [9.17, 15) is 9.59 Å². The van der Waals surface area contributed by atoms with Gasteiger partial charge in [-0.15, -0.1) is 16.8 Å². The van der Waals surface area contributed by atoms with Gasteiger partial charge in [0.05, 0.1) is 28.0 Å². The minimum Gasteiger partial charge on any atom is -0.345 e. The summed E-state index contributed by atoms with van der Waals surface area (Å²) in [5.41, 5.74) is 1.93. The number of aryl methyl sites for hydroxylation is 1. The number of carbonyl (C=O) groups excluding carboxylic acids is 2. The summed E-state index contributed by atoms with van der Waals surface area (Å²) in [6.07, 6.45) is 1.70. The molecule has 1 aromatic heterocycles. The molecule has 0 saturated carbocycles. The van der Waals surface area contributed by atoms with Crippen molar-refractivity contribution in [2.24, 2.45) is 0 Å².